The van der Waals surface area contributed by atoms with Crippen LogP contribution in [-0.4, -0.2) is 27.3 Å². The first kappa shape index (κ1) is 24.2. The third-order valence-electron chi connectivity index (χ3n) is 6.56. The summed E-state index contributed by atoms with van der Waals surface area (Å²) in [7, 11) is 0. The predicted octanol–water partition coefficient (Wildman–Crippen LogP) is 6.99. The number of nitrogens with zero attached hydrogens (tertiary/aromatic N) is 3. The number of hydrogen-bond donors (Lipinski definition) is 1. The monoisotopic (exact) mass is 508 g/mol. The van der Waals surface area contributed by atoms with Crippen LogP contribution in [0.3, 0.4) is 0 Å². The Morgan fingerprint density at radius 2 is 1.92 bits per heavy atom. The molecule has 0 radical (unpaired) electrons. The van der Waals surface area contributed by atoms with Crippen LogP contribution in [-0.2, 0) is 11.3 Å². The summed E-state index contributed by atoms with van der Waals surface area (Å²) in [6.07, 6.45) is 5.92. The van der Waals surface area contributed by atoms with Crippen LogP contribution in [0.25, 0.3) is 10.9 Å². The van der Waals surface area contributed by atoms with Crippen molar-refractivity contribution in [1.82, 2.24) is 14.8 Å². The van der Waals surface area contributed by atoms with E-state index in [2.05, 4.69) is 20.1 Å². The quantitative estimate of drug-likeness (QED) is 0.256. The molecule has 1 fully saturated rings. The van der Waals surface area contributed by atoms with Gasteiger partial charge in [-0.1, -0.05) is 36.0 Å². The summed E-state index contributed by atoms with van der Waals surface area (Å²) in [4.78, 5) is 12.9. The zero-order valence-corrected chi connectivity index (χ0v) is 21.2. The summed E-state index contributed by atoms with van der Waals surface area (Å²) in [5.41, 5.74) is 3.37. The number of fused-ring (bicyclic) bond motifs is 1. The minimum atomic E-state index is -0.304. The molecule has 1 aliphatic rings. The minimum absolute atomic E-state index is 0.0951. The second-order valence-electron chi connectivity index (χ2n) is 8.94. The van der Waals surface area contributed by atoms with Gasteiger partial charge in [-0.3, -0.25) is 0 Å². The Morgan fingerprint density at radius 3 is 2.67 bits per heavy atom. The minimum Gasteiger partial charge on any atom is -0.484 e. The first-order valence-corrected chi connectivity index (χ1v) is 12.7. The van der Waals surface area contributed by atoms with E-state index in [-0.39, 0.29) is 18.6 Å². The molecule has 9 heteroatoms. The third-order valence-corrected chi connectivity index (χ3v) is 6.82. The molecule has 2 heterocycles. The van der Waals surface area contributed by atoms with Crippen molar-refractivity contribution in [2.24, 2.45) is 0 Å². The van der Waals surface area contributed by atoms with E-state index in [0.717, 1.165) is 35.1 Å². The van der Waals surface area contributed by atoms with Gasteiger partial charge in [-0.05, 0) is 69.2 Å². The van der Waals surface area contributed by atoms with Crippen LogP contribution >= 0.6 is 11.6 Å². The van der Waals surface area contributed by atoms with E-state index in [1.165, 1.54) is 19.3 Å². The van der Waals surface area contributed by atoms with Crippen molar-refractivity contribution < 1.29 is 18.7 Å². The van der Waals surface area contributed by atoms with Crippen LogP contribution in [0.15, 0.2) is 46.9 Å². The molecule has 4 aromatic rings. The molecule has 8 nitrogen and oxygen atoms in total. The van der Waals surface area contributed by atoms with E-state index >= 15 is 0 Å². The van der Waals surface area contributed by atoms with Gasteiger partial charge in [-0.2, -0.15) is 0 Å². The maximum atomic E-state index is 12.9. The molecule has 0 bridgehead atoms. The number of anilines is 2. The number of aromatic nitrogens is 3. The standard InChI is InChI=1S/C27H29ClN4O4/c1-3-34-26(33)25-17(2)32(20-7-5-4-6-8-20)23-14-13-21(15-22(23)25)35-16-24-30-31-27(36-24)29-19-11-9-18(28)10-12-19/h9-15,20H,3-8,16H2,1-2H3,(H,29,31). The smallest absolute Gasteiger partial charge is 0.340 e. The van der Waals surface area contributed by atoms with E-state index in [0.29, 0.717) is 34.9 Å². The van der Waals surface area contributed by atoms with E-state index in [9.17, 15) is 4.79 Å². The Bertz CT molecular complexity index is 1360. The third kappa shape index (κ3) is 5.04. The molecular weight excluding hydrogens is 480 g/mol. The lowest BCUT2D eigenvalue weighted by atomic mass is 9.95. The summed E-state index contributed by atoms with van der Waals surface area (Å²) < 4.78 is 19.3. The summed E-state index contributed by atoms with van der Waals surface area (Å²) in [5, 5.41) is 12.6. The number of carbonyl (C=O) groups excluding carboxylic acids is 1. The van der Waals surface area contributed by atoms with E-state index < -0.39 is 0 Å². The largest absolute Gasteiger partial charge is 0.484 e. The van der Waals surface area contributed by atoms with Gasteiger partial charge in [0.05, 0.1) is 12.2 Å². The van der Waals surface area contributed by atoms with E-state index in [1.807, 2.05) is 44.2 Å². The van der Waals surface area contributed by atoms with Crippen LogP contribution in [0, 0.1) is 6.92 Å². The molecule has 0 unspecified atom stereocenters. The van der Waals surface area contributed by atoms with Gasteiger partial charge >= 0.3 is 12.0 Å². The lowest BCUT2D eigenvalue weighted by molar-refractivity contribution is 0.0527. The normalized spacial score (nSPS) is 14.2. The van der Waals surface area contributed by atoms with Gasteiger partial charge in [-0.15, -0.1) is 5.10 Å². The highest BCUT2D eigenvalue weighted by Gasteiger charge is 2.26. The highest BCUT2D eigenvalue weighted by Crippen LogP contribution is 2.37. The fourth-order valence-electron chi connectivity index (χ4n) is 4.95. The number of benzene rings is 2. The van der Waals surface area contributed by atoms with Gasteiger partial charge in [0.15, 0.2) is 6.61 Å². The molecular formula is C27H29ClN4O4. The fraction of sp³-hybridized carbons (Fsp3) is 0.370. The number of carbonyl (C=O) groups is 1. The number of nitrogens with one attached hydrogen (secondary N) is 1. The van der Waals surface area contributed by atoms with Crippen LogP contribution in [0.1, 0.15) is 67.0 Å². The van der Waals surface area contributed by atoms with Gasteiger partial charge < -0.3 is 23.8 Å². The van der Waals surface area contributed by atoms with Gasteiger partial charge in [0, 0.05) is 33.3 Å². The van der Waals surface area contributed by atoms with Gasteiger partial charge in [0.2, 0.25) is 0 Å². The molecule has 1 saturated carbocycles. The highest BCUT2D eigenvalue weighted by atomic mass is 35.5. The maximum Gasteiger partial charge on any atom is 0.340 e. The summed E-state index contributed by atoms with van der Waals surface area (Å²) >= 11 is 5.92. The number of hydrogen-bond acceptors (Lipinski definition) is 7. The van der Waals surface area contributed by atoms with E-state index in [1.54, 1.807) is 12.1 Å². The highest BCUT2D eigenvalue weighted by molar-refractivity contribution is 6.30. The van der Waals surface area contributed by atoms with Crippen molar-refractivity contribution in [2.75, 3.05) is 11.9 Å². The first-order valence-electron chi connectivity index (χ1n) is 12.3. The SMILES string of the molecule is CCOC(=O)c1c(C)n(C2CCCCC2)c2ccc(OCc3nnc(Nc4ccc(Cl)cc4)o3)cc12. The summed E-state index contributed by atoms with van der Waals surface area (Å²) in [6, 6.07) is 13.7. The molecule has 1 aliphatic carbocycles. The second-order valence-corrected chi connectivity index (χ2v) is 9.38. The van der Waals surface area contributed by atoms with E-state index in [4.69, 9.17) is 25.5 Å². The Labute approximate surface area is 214 Å². The maximum absolute atomic E-state index is 12.9. The Balaban J connectivity index is 1.37. The fourth-order valence-corrected chi connectivity index (χ4v) is 5.07. The second kappa shape index (κ2) is 10.6. The number of rotatable bonds is 8. The van der Waals surface area contributed by atoms with Crippen LogP contribution in [0.2, 0.25) is 5.02 Å². The lowest BCUT2D eigenvalue weighted by Gasteiger charge is -2.26. The average Bonchev–Trinajstić information content (AvgIpc) is 3.45. The molecule has 2 aromatic carbocycles. The molecule has 0 aliphatic heterocycles. The molecule has 1 N–H and O–H groups in total. The molecule has 2 aromatic heterocycles. The molecule has 36 heavy (non-hydrogen) atoms. The van der Waals surface area contributed by atoms with Gasteiger partial charge in [0.25, 0.3) is 5.89 Å². The van der Waals surface area contributed by atoms with Crippen molar-refractivity contribution in [3.63, 3.8) is 0 Å². The van der Waals surface area contributed by atoms with Crippen molar-refractivity contribution in [3.8, 4) is 5.75 Å². The van der Waals surface area contributed by atoms with Gasteiger partial charge in [0.1, 0.15) is 5.75 Å². The molecule has 0 atom stereocenters. The average molecular weight is 509 g/mol. The number of halogens is 1. The Kier molecular flexibility index (Phi) is 7.13. The molecule has 0 saturated heterocycles. The Hall–Kier alpha value is -3.52. The number of ether oxygens (including phenoxy) is 2. The van der Waals surface area contributed by atoms with Crippen molar-refractivity contribution >= 4 is 40.2 Å². The molecule has 0 spiro atoms. The van der Waals surface area contributed by atoms with Crippen LogP contribution in [0.4, 0.5) is 11.7 Å². The lowest BCUT2D eigenvalue weighted by Crippen LogP contribution is -2.15. The van der Waals surface area contributed by atoms with Crippen molar-refractivity contribution in [2.45, 2.75) is 58.6 Å². The topological polar surface area (TPSA) is 91.4 Å². The predicted molar refractivity (Wildman–Crippen MR) is 138 cm³/mol. The van der Waals surface area contributed by atoms with Crippen LogP contribution in [0.5, 0.6) is 5.75 Å². The molecule has 5 rings (SSSR count). The summed E-state index contributed by atoms with van der Waals surface area (Å²) in [6.45, 7) is 4.25. The number of esters is 1. The zero-order valence-electron chi connectivity index (χ0n) is 20.4. The summed E-state index contributed by atoms with van der Waals surface area (Å²) in [5.74, 6) is 0.633. The Morgan fingerprint density at radius 1 is 1.14 bits per heavy atom. The first-order chi connectivity index (χ1) is 17.5. The molecule has 0 amide bonds. The van der Waals surface area contributed by atoms with Gasteiger partial charge in [-0.25, -0.2) is 4.79 Å². The van der Waals surface area contributed by atoms with Crippen molar-refractivity contribution in [3.05, 3.63) is 64.6 Å². The zero-order chi connectivity index (χ0) is 25.1. The molecule has 188 valence electrons. The van der Waals surface area contributed by atoms with Crippen molar-refractivity contribution in [1.29, 1.82) is 0 Å². The van der Waals surface area contributed by atoms with Crippen LogP contribution < -0.4 is 10.1 Å².